The van der Waals surface area contributed by atoms with Gasteiger partial charge in [-0.3, -0.25) is 0 Å². The molecule has 0 amide bonds. The molecule has 34 valence electrons. The van der Waals surface area contributed by atoms with Crippen LogP contribution in [0, 0.1) is 0 Å². The van der Waals surface area contributed by atoms with Crippen LogP contribution in [0.3, 0.4) is 0 Å². The molecule has 0 radical (unpaired) electrons. The van der Waals surface area contributed by atoms with Gasteiger partial charge in [-0.15, -0.1) is 0 Å². The van der Waals surface area contributed by atoms with Gasteiger partial charge in [-0.05, 0) is 0 Å². The Morgan fingerprint density at radius 2 is 1.20 bits per heavy atom. The van der Waals surface area contributed by atoms with Crippen LogP contribution in [0.2, 0.25) is 0 Å². The van der Waals surface area contributed by atoms with Gasteiger partial charge in [0.25, 0.3) is 0 Å². The molecule has 0 aliphatic rings. The first-order chi connectivity index (χ1) is 1.91. The van der Waals surface area contributed by atoms with E-state index in [1.807, 2.05) is 0 Å². The van der Waals surface area contributed by atoms with Crippen molar-refractivity contribution in [3.05, 3.63) is 0 Å². The standard InChI is InChI=1S/C4H10.Sb.3H/c1-3-4-2;;;;/h3-4H2,1-2H3;;;;. The van der Waals surface area contributed by atoms with Gasteiger partial charge in [0.15, 0.2) is 0 Å². The number of unbranched alkanes of at least 4 members (excludes halogenated alkanes) is 1. The molecule has 0 saturated heterocycles. The molecule has 0 aliphatic carbocycles. The van der Waals surface area contributed by atoms with Crippen LogP contribution in [0.5, 0.6) is 0 Å². The van der Waals surface area contributed by atoms with E-state index in [2.05, 4.69) is 13.8 Å². The molecule has 0 saturated carbocycles. The summed E-state index contributed by atoms with van der Waals surface area (Å²) in [5, 5.41) is 0. The van der Waals surface area contributed by atoms with Crippen LogP contribution in [-0.4, -0.2) is 24.4 Å². The van der Waals surface area contributed by atoms with Crippen molar-refractivity contribution in [2.45, 2.75) is 26.7 Å². The number of rotatable bonds is 1. The third kappa shape index (κ3) is 11.6. The van der Waals surface area contributed by atoms with E-state index in [0.717, 1.165) is 0 Å². The van der Waals surface area contributed by atoms with E-state index in [1.54, 1.807) is 0 Å². The molecule has 0 rings (SSSR count). The van der Waals surface area contributed by atoms with Crippen LogP contribution >= 0.6 is 0 Å². The summed E-state index contributed by atoms with van der Waals surface area (Å²) in [6, 6.07) is 0. The molecule has 0 spiro atoms. The van der Waals surface area contributed by atoms with Crippen LogP contribution in [0.4, 0.5) is 0 Å². The zero-order valence-corrected chi connectivity index (χ0v) is 8.16. The van der Waals surface area contributed by atoms with Crippen molar-refractivity contribution >= 4 is 24.4 Å². The molecule has 0 nitrogen and oxygen atoms in total. The third-order valence-corrected chi connectivity index (χ3v) is 0.500. The summed E-state index contributed by atoms with van der Waals surface area (Å²) in [4.78, 5) is 0. The van der Waals surface area contributed by atoms with E-state index in [4.69, 9.17) is 0 Å². The van der Waals surface area contributed by atoms with Crippen LogP contribution in [0.25, 0.3) is 0 Å². The summed E-state index contributed by atoms with van der Waals surface area (Å²) in [6.07, 6.45) is 2.64. The van der Waals surface area contributed by atoms with Gasteiger partial charge < -0.3 is 0 Å². The molecule has 0 unspecified atom stereocenters. The Hall–Kier alpha value is 0.818. The van der Waals surface area contributed by atoms with Crippen LogP contribution in [0.1, 0.15) is 26.7 Å². The summed E-state index contributed by atoms with van der Waals surface area (Å²) in [5.74, 6) is 0. The van der Waals surface area contributed by atoms with Crippen LogP contribution < -0.4 is 0 Å². The summed E-state index contributed by atoms with van der Waals surface area (Å²) in [5.41, 5.74) is 0. The van der Waals surface area contributed by atoms with Gasteiger partial charge in [0.05, 0.1) is 0 Å². The van der Waals surface area contributed by atoms with Crippen molar-refractivity contribution in [3.8, 4) is 0 Å². The minimum absolute atomic E-state index is 0. The first-order valence-electron chi connectivity index (χ1n) is 1.91. The molecule has 0 bridgehead atoms. The molecule has 0 aromatic rings. The summed E-state index contributed by atoms with van der Waals surface area (Å²) in [7, 11) is 0. The predicted octanol–water partition coefficient (Wildman–Crippen LogP) is 0.622. The maximum absolute atomic E-state index is 2.18. The monoisotopic (exact) mass is 182 g/mol. The Morgan fingerprint density at radius 1 is 1.00 bits per heavy atom. The first kappa shape index (κ1) is 9.26. The number of hydrogen-bond donors (Lipinski definition) is 0. The zero-order valence-electron chi connectivity index (χ0n) is 4.12. The van der Waals surface area contributed by atoms with E-state index in [0.29, 0.717) is 0 Å². The van der Waals surface area contributed by atoms with Gasteiger partial charge in [-0.25, -0.2) is 0 Å². The fraction of sp³-hybridized carbons (Fsp3) is 1.00. The summed E-state index contributed by atoms with van der Waals surface area (Å²) in [6.45, 7) is 4.36. The molecular formula is C4H13Sb. The molecular weight excluding hydrogens is 170 g/mol. The van der Waals surface area contributed by atoms with Gasteiger partial charge in [0.2, 0.25) is 0 Å². The molecule has 0 aromatic heterocycles. The average molecular weight is 183 g/mol. The molecule has 0 aromatic carbocycles. The quantitative estimate of drug-likeness (QED) is 0.522. The van der Waals surface area contributed by atoms with E-state index < -0.39 is 0 Å². The van der Waals surface area contributed by atoms with Gasteiger partial charge >= 0.3 is 24.4 Å². The van der Waals surface area contributed by atoms with Crippen molar-refractivity contribution in [3.63, 3.8) is 0 Å². The van der Waals surface area contributed by atoms with Gasteiger partial charge in [-0.2, -0.15) is 0 Å². The molecule has 0 fully saturated rings. The Balaban J connectivity index is 0. The summed E-state index contributed by atoms with van der Waals surface area (Å²) < 4.78 is 0. The van der Waals surface area contributed by atoms with Crippen molar-refractivity contribution in [1.82, 2.24) is 0 Å². The van der Waals surface area contributed by atoms with E-state index in [9.17, 15) is 0 Å². The van der Waals surface area contributed by atoms with Gasteiger partial charge in [-0.1, -0.05) is 26.7 Å². The van der Waals surface area contributed by atoms with E-state index in [-0.39, 0.29) is 24.4 Å². The van der Waals surface area contributed by atoms with Crippen LogP contribution in [-0.2, 0) is 0 Å². The molecule has 5 heavy (non-hydrogen) atoms. The summed E-state index contributed by atoms with van der Waals surface area (Å²) >= 11 is 0. The molecule has 0 heterocycles. The molecule has 0 N–H and O–H groups in total. The Bertz CT molecular complexity index is 5.61. The van der Waals surface area contributed by atoms with Crippen molar-refractivity contribution in [2.24, 2.45) is 0 Å². The van der Waals surface area contributed by atoms with E-state index >= 15 is 0 Å². The zero-order chi connectivity index (χ0) is 3.41. The molecule has 1 heteroatoms. The third-order valence-electron chi connectivity index (χ3n) is 0.500. The fourth-order valence-corrected chi connectivity index (χ4v) is 0. The predicted molar refractivity (Wildman–Crippen MR) is 30.5 cm³/mol. The molecule has 0 aliphatic heterocycles. The second-order valence-electron chi connectivity index (χ2n) is 1.000. The second-order valence-corrected chi connectivity index (χ2v) is 1.000. The van der Waals surface area contributed by atoms with Gasteiger partial charge in [0, 0.05) is 0 Å². The van der Waals surface area contributed by atoms with Crippen LogP contribution in [0.15, 0.2) is 0 Å². The van der Waals surface area contributed by atoms with Crippen molar-refractivity contribution in [1.29, 1.82) is 0 Å². The molecule has 0 atom stereocenters. The van der Waals surface area contributed by atoms with Crippen molar-refractivity contribution < 1.29 is 0 Å². The topological polar surface area (TPSA) is 0 Å². The number of hydrogen-bond acceptors (Lipinski definition) is 0. The first-order valence-corrected chi connectivity index (χ1v) is 1.91. The maximum atomic E-state index is 2.18. The second kappa shape index (κ2) is 8.84. The SMILES string of the molecule is CCCC.[SbH3]. The average Bonchev–Trinajstić information content (AvgIpc) is 1.37. The fourth-order valence-electron chi connectivity index (χ4n) is 0. The Labute approximate surface area is 51.4 Å². The van der Waals surface area contributed by atoms with Gasteiger partial charge in [0.1, 0.15) is 0 Å². The Morgan fingerprint density at radius 3 is 1.20 bits per heavy atom. The van der Waals surface area contributed by atoms with E-state index in [1.165, 1.54) is 12.8 Å². The Kier molecular flexibility index (Phi) is 16.4. The van der Waals surface area contributed by atoms with Crippen molar-refractivity contribution in [2.75, 3.05) is 0 Å². The minimum atomic E-state index is 0. The normalized spacial score (nSPS) is 6.00.